The predicted molar refractivity (Wildman–Crippen MR) is 67.4 cm³/mol. The van der Waals surface area contributed by atoms with Crippen molar-refractivity contribution in [3.63, 3.8) is 0 Å². The van der Waals surface area contributed by atoms with Gasteiger partial charge >= 0.3 is 0 Å². The second-order valence-corrected chi connectivity index (χ2v) is 3.65. The molecule has 0 aliphatic carbocycles. The molecule has 1 heterocycles. The van der Waals surface area contributed by atoms with Crippen LogP contribution >= 0.6 is 0 Å². The van der Waals surface area contributed by atoms with Gasteiger partial charge in [-0.05, 0) is 25.1 Å². The molecule has 0 unspecified atom stereocenters. The van der Waals surface area contributed by atoms with Gasteiger partial charge in [-0.2, -0.15) is 0 Å². The van der Waals surface area contributed by atoms with Gasteiger partial charge in [0.2, 0.25) is 0 Å². The Morgan fingerprint density at radius 3 is 2.78 bits per heavy atom. The molecule has 0 saturated heterocycles. The van der Waals surface area contributed by atoms with E-state index in [0.717, 1.165) is 5.56 Å². The smallest absolute Gasteiger partial charge is 0.131 e. The quantitative estimate of drug-likeness (QED) is 0.830. The van der Waals surface area contributed by atoms with E-state index in [2.05, 4.69) is 4.98 Å². The molecule has 0 fully saturated rings. The summed E-state index contributed by atoms with van der Waals surface area (Å²) in [6.45, 7) is 2.33. The second kappa shape index (κ2) is 5.49. The summed E-state index contributed by atoms with van der Waals surface area (Å²) in [7, 11) is 1.59. The summed E-state index contributed by atoms with van der Waals surface area (Å²) in [6, 6.07) is 7.95. The summed E-state index contributed by atoms with van der Waals surface area (Å²) in [4.78, 5) is 4.25. The van der Waals surface area contributed by atoms with Gasteiger partial charge < -0.3 is 9.47 Å². The number of methoxy groups -OCH3 is 1. The van der Waals surface area contributed by atoms with Crippen LogP contribution in [0.5, 0.6) is 11.5 Å². The Labute approximate surface area is 105 Å². The molecular weight excluding hydrogens is 233 g/mol. The third-order valence-corrected chi connectivity index (χ3v) is 2.49. The van der Waals surface area contributed by atoms with Gasteiger partial charge in [0.05, 0.1) is 19.4 Å². The molecule has 94 valence electrons. The average Bonchev–Trinajstić information content (AvgIpc) is 2.39. The zero-order valence-electron chi connectivity index (χ0n) is 10.3. The van der Waals surface area contributed by atoms with Crippen molar-refractivity contribution in [3.8, 4) is 22.8 Å². The molecule has 2 rings (SSSR count). The molecule has 18 heavy (non-hydrogen) atoms. The van der Waals surface area contributed by atoms with E-state index in [-0.39, 0.29) is 5.82 Å². The van der Waals surface area contributed by atoms with Crippen molar-refractivity contribution < 1.29 is 13.9 Å². The highest BCUT2D eigenvalue weighted by Crippen LogP contribution is 2.31. The van der Waals surface area contributed by atoms with Crippen molar-refractivity contribution in [3.05, 3.63) is 42.3 Å². The first-order valence-electron chi connectivity index (χ1n) is 5.67. The first kappa shape index (κ1) is 12.4. The molecule has 0 aliphatic rings. The minimum Gasteiger partial charge on any atom is -0.497 e. The minimum atomic E-state index is -0.329. The van der Waals surface area contributed by atoms with Gasteiger partial charge in [-0.1, -0.05) is 0 Å². The highest BCUT2D eigenvalue weighted by Gasteiger charge is 2.09. The van der Waals surface area contributed by atoms with Gasteiger partial charge in [0, 0.05) is 23.9 Å². The van der Waals surface area contributed by atoms with Gasteiger partial charge in [-0.3, -0.25) is 4.98 Å². The number of aromatic nitrogens is 1. The molecule has 0 amide bonds. The van der Waals surface area contributed by atoms with Crippen LogP contribution in [0, 0.1) is 5.82 Å². The highest BCUT2D eigenvalue weighted by atomic mass is 19.1. The molecule has 1 aromatic heterocycles. The SMILES string of the molecule is CCOc1cc(F)ccc1-c1cc(OC)ccn1. The number of benzene rings is 1. The van der Waals surface area contributed by atoms with Crippen LogP contribution in [-0.2, 0) is 0 Å². The van der Waals surface area contributed by atoms with E-state index in [1.165, 1.54) is 12.1 Å². The van der Waals surface area contributed by atoms with Crippen LogP contribution in [0.4, 0.5) is 4.39 Å². The summed E-state index contributed by atoms with van der Waals surface area (Å²) in [5.74, 6) is 0.857. The lowest BCUT2D eigenvalue weighted by molar-refractivity contribution is 0.339. The largest absolute Gasteiger partial charge is 0.497 e. The highest BCUT2D eigenvalue weighted by molar-refractivity contribution is 5.68. The molecule has 3 nitrogen and oxygen atoms in total. The Kier molecular flexibility index (Phi) is 3.77. The molecule has 2 aromatic rings. The van der Waals surface area contributed by atoms with Gasteiger partial charge in [0.1, 0.15) is 17.3 Å². The molecule has 0 aliphatic heterocycles. The summed E-state index contributed by atoms with van der Waals surface area (Å²) in [5, 5.41) is 0. The third kappa shape index (κ3) is 2.59. The molecular formula is C14H14FNO2. The maximum Gasteiger partial charge on any atom is 0.131 e. The Morgan fingerprint density at radius 2 is 2.06 bits per heavy atom. The Bertz CT molecular complexity index is 543. The van der Waals surface area contributed by atoms with E-state index in [9.17, 15) is 4.39 Å². The molecule has 0 radical (unpaired) electrons. The van der Waals surface area contributed by atoms with Gasteiger partial charge in [-0.15, -0.1) is 0 Å². The van der Waals surface area contributed by atoms with E-state index < -0.39 is 0 Å². The normalized spacial score (nSPS) is 10.2. The number of ether oxygens (including phenoxy) is 2. The van der Waals surface area contributed by atoms with Crippen LogP contribution in [0.1, 0.15) is 6.92 Å². The fraction of sp³-hybridized carbons (Fsp3) is 0.214. The standard InChI is InChI=1S/C14H14FNO2/c1-3-18-14-8-10(15)4-5-12(14)13-9-11(17-2)6-7-16-13/h4-9H,3H2,1-2H3. The maximum atomic E-state index is 13.2. The topological polar surface area (TPSA) is 31.4 Å². The molecule has 0 atom stereocenters. The van der Waals surface area contributed by atoms with Crippen LogP contribution in [0.3, 0.4) is 0 Å². The van der Waals surface area contributed by atoms with Crippen LogP contribution in [0.2, 0.25) is 0 Å². The van der Waals surface area contributed by atoms with Crippen molar-refractivity contribution in [1.29, 1.82) is 0 Å². The average molecular weight is 247 g/mol. The molecule has 0 N–H and O–H groups in total. The van der Waals surface area contributed by atoms with Crippen LogP contribution in [0.15, 0.2) is 36.5 Å². The number of pyridine rings is 1. The Hall–Kier alpha value is -2.10. The zero-order chi connectivity index (χ0) is 13.0. The molecule has 0 spiro atoms. The first-order valence-corrected chi connectivity index (χ1v) is 5.67. The van der Waals surface area contributed by atoms with Gasteiger partial charge in [0.25, 0.3) is 0 Å². The lowest BCUT2D eigenvalue weighted by Gasteiger charge is -2.10. The van der Waals surface area contributed by atoms with Gasteiger partial charge in [0.15, 0.2) is 0 Å². The van der Waals surface area contributed by atoms with Crippen LogP contribution in [-0.4, -0.2) is 18.7 Å². The van der Waals surface area contributed by atoms with Crippen LogP contribution < -0.4 is 9.47 Å². The Morgan fingerprint density at radius 1 is 1.22 bits per heavy atom. The van der Waals surface area contributed by atoms with Crippen molar-refractivity contribution >= 4 is 0 Å². The molecule has 0 saturated carbocycles. The second-order valence-electron chi connectivity index (χ2n) is 3.65. The number of nitrogens with zero attached hydrogens (tertiary/aromatic N) is 1. The van der Waals surface area contributed by atoms with Crippen molar-refractivity contribution in [2.24, 2.45) is 0 Å². The van der Waals surface area contributed by atoms with Crippen molar-refractivity contribution in [2.45, 2.75) is 6.92 Å². The number of hydrogen-bond donors (Lipinski definition) is 0. The molecule has 1 aromatic carbocycles. The fourth-order valence-electron chi connectivity index (χ4n) is 1.67. The minimum absolute atomic E-state index is 0.329. The van der Waals surface area contributed by atoms with Crippen molar-refractivity contribution in [2.75, 3.05) is 13.7 Å². The number of hydrogen-bond acceptors (Lipinski definition) is 3. The number of rotatable bonds is 4. The van der Waals surface area contributed by atoms with E-state index in [0.29, 0.717) is 23.8 Å². The summed E-state index contributed by atoms with van der Waals surface area (Å²) < 4.78 is 23.8. The molecule has 0 bridgehead atoms. The first-order chi connectivity index (χ1) is 8.74. The Balaban J connectivity index is 2.48. The summed E-state index contributed by atoms with van der Waals surface area (Å²) in [5.41, 5.74) is 1.44. The van der Waals surface area contributed by atoms with E-state index >= 15 is 0 Å². The summed E-state index contributed by atoms with van der Waals surface area (Å²) >= 11 is 0. The fourth-order valence-corrected chi connectivity index (χ4v) is 1.67. The molecule has 4 heteroatoms. The zero-order valence-corrected chi connectivity index (χ0v) is 10.3. The van der Waals surface area contributed by atoms with E-state index in [1.807, 2.05) is 6.92 Å². The van der Waals surface area contributed by atoms with Gasteiger partial charge in [-0.25, -0.2) is 4.39 Å². The lowest BCUT2D eigenvalue weighted by atomic mass is 10.1. The summed E-state index contributed by atoms with van der Waals surface area (Å²) in [6.07, 6.45) is 1.65. The monoisotopic (exact) mass is 247 g/mol. The van der Waals surface area contributed by atoms with E-state index in [1.54, 1.807) is 31.5 Å². The third-order valence-electron chi connectivity index (χ3n) is 2.49. The van der Waals surface area contributed by atoms with Crippen molar-refractivity contribution in [1.82, 2.24) is 4.98 Å². The van der Waals surface area contributed by atoms with E-state index in [4.69, 9.17) is 9.47 Å². The number of halogens is 1. The predicted octanol–water partition coefficient (Wildman–Crippen LogP) is 3.30. The van der Waals surface area contributed by atoms with Crippen LogP contribution in [0.25, 0.3) is 11.3 Å². The lowest BCUT2D eigenvalue weighted by Crippen LogP contribution is -1.96. The maximum absolute atomic E-state index is 13.2.